The van der Waals surface area contributed by atoms with Crippen molar-refractivity contribution in [3.63, 3.8) is 0 Å². The molecule has 21 heavy (non-hydrogen) atoms. The van der Waals surface area contributed by atoms with Crippen LogP contribution >= 0.6 is 0 Å². The second kappa shape index (κ2) is 5.86. The van der Waals surface area contributed by atoms with Gasteiger partial charge in [0.1, 0.15) is 6.29 Å². The number of piperidine rings is 1. The average molecular weight is 316 g/mol. The van der Waals surface area contributed by atoms with E-state index < -0.39 is 26.5 Å². The molecule has 9 heteroatoms. The number of carbonyl (C=O) groups excluding carboxylic acids is 1. The van der Waals surface area contributed by atoms with E-state index in [0.29, 0.717) is 25.2 Å². The van der Waals surface area contributed by atoms with E-state index in [1.165, 1.54) is 0 Å². The van der Waals surface area contributed by atoms with Crippen LogP contribution in [0.2, 0.25) is 0 Å². The van der Waals surface area contributed by atoms with Gasteiger partial charge >= 0.3 is 5.69 Å². The minimum absolute atomic E-state index is 0.0461. The van der Waals surface area contributed by atoms with Crippen LogP contribution < -0.4 is 0 Å². The van der Waals surface area contributed by atoms with Crippen LogP contribution in [-0.4, -0.2) is 37.0 Å². The van der Waals surface area contributed by atoms with Crippen molar-refractivity contribution in [2.24, 2.45) is 5.92 Å². The molecule has 1 aliphatic heterocycles. The van der Waals surface area contributed by atoms with Gasteiger partial charge in [0.05, 0.1) is 9.82 Å². The van der Waals surface area contributed by atoms with Crippen molar-refractivity contribution in [1.29, 1.82) is 0 Å². The summed E-state index contributed by atoms with van der Waals surface area (Å²) in [5, 5.41) is 10.5. The van der Waals surface area contributed by atoms with Crippen molar-refractivity contribution in [3.8, 4) is 0 Å². The third-order valence-electron chi connectivity index (χ3n) is 3.37. The van der Waals surface area contributed by atoms with Gasteiger partial charge in [-0.15, -0.1) is 0 Å². The minimum atomic E-state index is -3.96. The molecular weight excluding hydrogens is 303 g/mol. The average Bonchev–Trinajstić information content (AvgIpc) is 2.46. The number of hydrogen-bond donors (Lipinski definition) is 0. The molecule has 1 aromatic rings. The van der Waals surface area contributed by atoms with Gasteiger partial charge in [-0.1, -0.05) is 0 Å². The number of benzene rings is 1. The van der Waals surface area contributed by atoms with Gasteiger partial charge in [0.2, 0.25) is 15.8 Å². The number of sulfonamides is 1. The van der Waals surface area contributed by atoms with Gasteiger partial charge in [0.25, 0.3) is 0 Å². The van der Waals surface area contributed by atoms with Gasteiger partial charge in [0.15, 0.2) is 0 Å². The molecule has 0 aromatic heterocycles. The first kappa shape index (κ1) is 15.5. The maximum Gasteiger partial charge on any atom is 0.304 e. The normalized spacial score (nSPS) is 20.1. The lowest BCUT2D eigenvalue weighted by Gasteiger charge is -2.29. The van der Waals surface area contributed by atoms with Gasteiger partial charge < -0.3 is 4.79 Å². The largest absolute Gasteiger partial charge is 0.304 e. The number of halogens is 1. The summed E-state index contributed by atoms with van der Waals surface area (Å²) in [6.07, 6.45) is 1.86. The number of nitro groups is 1. The van der Waals surface area contributed by atoms with Crippen LogP contribution in [0.4, 0.5) is 10.1 Å². The van der Waals surface area contributed by atoms with Crippen molar-refractivity contribution in [3.05, 3.63) is 34.1 Å². The molecule has 0 N–H and O–H groups in total. The summed E-state index contributed by atoms with van der Waals surface area (Å²) in [6.45, 7) is 0.287. The minimum Gasteiger partial charge on any atom is -0.303 e. The molecule has 0 amide bonds. The van der Waals surface area contributed by atoms with Gasteiger partial charge in [-0.05, 0) is 18.9 Å². The highest BCUT2D eigenvalue weighted by Gasteiger charge is 2.31. The van der Waals surface area contributed by atoms with E-state index in [2.05, 4.69) is 0 Å². The Bertz CT molecular complexity index is 676. The number of nitrogens with zero attached hydrogens (tertiary/aromatic N) is 2. The Labute approximate surface area is 120 Å². The lowest BCUT2D eigenvalue weighted by atomic mass is 10.0. The standard InChI is InChI=1S/C12H13FN2O5S/c13-11-6-10(3-4-12(11)15(17)18)21(19,20)14-5-1-2-9(7-14)8-16/h3-4,6,8-9H,1-2,5,7H2. The van der Waals surface area contributed by atoms with Gasteiger partial charge in [-0.3, -0.25) is 10.1 Å². The second-order valence-electron chi connectivity index (χ2n) is 4.77. The molecule has 1 aliphatic rings. The molecule has 1 unspecified atom stereocenters. The van der Waals surface area contributed by atoms with Crippen molar-refractivity contribution >= 4 is 22.0 Å². The molecule has 0 spiro atoms. The van der Waals surface area contributed by atoms with Gasteiger partial charge in [-0.2, -0.15) is 8.70 Å². The van der Waals surface area contributed by atoms with Gasteiger partial charge in [-0.25, -0.2) is 8.42 Å². The molecule has 7 nitrogen and oxygen atoms in total. The molecule has 1 heterocycles. The summed E-state index contributed by atoms with van der Waals surface area (Å²) in [7, 11) is -3.96. The Balaban J connectivity index is 2.33. The van der Waals surface area contributed by atoms with Crippen LogP contribution in [0.25, 0.3) is 0 Å². The lowest BCUT2D eigenvalue weighted by molar-refractivity contribution is -0.387. The zero-order chi connectivity index (χ0) is 15.6. The van der Waals surface area contributed by atoms with E-state index in [1.54, 1.807) is 0 Å². The van der Waals surface area contributed by atoms with Crippen LogP contribution in [0.1, 0.15) is 12.8 Å². The van der Waals surface area contributed by atoms with Crippen LogP contribution in [0.3, 0.4) is 0 Å². The van der Waals surface area contributed by atoms with E-state index in [-0.39, 0.29) is 23.9 Å². The summed E-state index contributed by atoms with van der Waals surface area (Å²) >= 11 is 0. The smallest absolute Gasteiger partial charge is 0.303 e. The maximum absolute atomic E-state index is 13.6. The van der Waals surface area contributed by atoms with Crippen LogP contribution in [0, 0.1) is 21.8 Å². The fourth-order valence-corrected chi connectivity index (χ4v) is 3.80. The second-order valence-corrected chi connectivity index (χ2v) is 6.71. The van der Waals surface area contributed by atoms with Gasteiger partial charge in [0, 0.05) is 31.1 Å². The third kappa shape index (κ3) is 3.08. The molecule has 0 bridgehead atoms. The molecule has 0 radical (unpaired) electrons. The Kier molecular flexibility index (Phi) is 4.33. The number of carbonyl (C=O) groups is 1. The number of nitro benzene ring substituents is 1. The molecule has 0 saturated carbocycles. The van der Waals surface area contributed by atoms with Crippen LogP contribution in [-0.2, 0) is 14.8 Å². The molecule has 1 fully saturated rings. The fraction of sp³-hybridized carbons (Fsp3) is 0.417. The van der Waals surface area contributed by atoms with Crippen molar-refractivity contribution in [1.82, 2.24) is 4.31 Å². The number of aldehydes is 1. The Morgan fingerprint density at radius 3 is 2.71 bits per heavy atom. The molecule has 114 valence electrons. The Morgan fingerprint density at radius 1 is 1.43 bits per heavy atom. The molecule has 1 saturated heterocycles. The fourth-order valence-electron chi connectivity index (χ4n) is 2.25. The van der Waals surface area contributed by atoms with Crippen LogP contribution in [0.5, 0.6) is 0 Å². The van der Waals surface area contributed by atoms with E-state index in [1.807, 2.05) is 0 Å². The SMILES string of the molecule is O=CC1CCCN(S(=O)(=O)c2ccc([N+](=O)[O-])c(F)c2)C1. The highest BCUT2D eigenvalue weighted by Crippen LogP contribution is 2.26. The monoisotopic (exact) mass is 316 g/mol. The molecular formula is C12H13FN2O5S. The van der Waals surface area contributed by atoms with Crippen LogP contribution in [0.15, 0.2) is 23.1 Å². The van der Waals surface area contributed by atoms with E-state index >= 15 is 0 Å². The zero-order valence-corrected chi connectivity index (χ0v) is 11.8. The number of hydrogen-bond acceptors (Lipinski definition) is 5. The van der Waals surface area contributed by atoms with E-state index in [4.69, 9.17) is 0 Å². The first-order chi connectivity index (χ1) is 9.86. The Morgan fingerprint density at radius 2 is 2.14 bits per heavy atom. The molecule has 0 aliphatic carbocycles. The summed E-state index contributed by atoms with van der Waals surface area (Å²) < 4.78 is 39.4. The molecule has 1 atom stereocenters. The first-order valence-corrected chi connectivity index (χ1v) is 7.69. The zero-order valence-electron chi connectivity index (χ0n) is 10.9. The summed E-state index contributed by atoms with van der Waals surface area (Å²) in [6, 6.07) is 2.46. The van der Waals surface area contributed by atoms with Crippen molar-refractivity contribution < 1.29 is 22.5 Å². The maximum atomic E-state index is 13.6. The predicted octanol–water partition coefficient (Wildman–Crippen LogP) is 1.33. The Hall–Kier alpha value is -1.87. The molecule has 2 rings (SSSR count). The van der Waals surface area contributed by atoms with Crippen molar-refractivity contribution in [2.75, 3.05) is 13.1 Å². The summed E-state index contributed by atoms with van der Waals surface area (Å²) in [5.41, 5.74) is -0.779. The van der Waals surface area contributed by atoms with Crippen molar-refractivity contribution in [2.45, 2.75) is 17.7 Å². The number of rotatable bonds is 4. The lowest BCUT2D eigenvalue weighted by Crippen LogP contribution is -2.40. The quantitative estimate of drug-likeness (QED) is 0.474. The third-order valence-corrected chi connectivity index (χ3v) is 5.23. The topological polar surface area (TPSA) is 97.6 Å². The highest BCUT2D eigenvalue weighted by molar-refractivity contribution is 7.89. The van der Waals surface area contributed by atoms with E-state index in [0.717, 1.165) is 16.4 Å². The van der Waals surface area contributed by atoms with E-state index in [9.17, 15) is 27.7 Å². The highest BCUT2D eigenvalue weighted by atomic mass is 32.2. The molecule has 1 aromatic carbocycles. The summed E-state index contributed by atoms with van der Waals surface area (Å²) in [5.74, 6) is -1.58. The predicted molar refractivity (Wildman–Crippen MR) is 70.6 cm³/mol. The summed E-state index contributed by atoms with van der Waals surface area (Å²) in [4.78, 5) is 20.0. The first-order valence-electron chi connectivity index (χ1n) is 6.25.